The SMILES string of the molecule is CCC(c1c(-c2noc3cc(F)ccc23)ccc2c1C(=O)NC2=O)N1CCCCC1. The van der Waals surface area contributed by atoms with Gasteiger partial charge in [0.1, 0.15) is 11.5 Å². The van der Waals surface area contributed by atoms with E-state index in [0.29, 0.717) is 27.8 Å². The Morgan fingerprint density at radius 3 is 2.63 bits per heavy atom. The second kappa shape index (κ2) is 7.32. The van der Waals surface area contributed by atoms with Gasteiger partial charge in [0.2, 0.25) is 0 Å². The van der Waals surface area contributed by atoms with E-state index in [2.05, 4.69) is 22.3 Å². The summed E-state index contributed by atoms with van der Waals surface area (Å²) in [6, 6.07) is 7.78. The van der Waals surface area contributed by atoms with Gasteiger partial charge in [0, 0.05) is 23.1 Å². The Hall–Kier alpha value is -3.06. The van der Waals surface area contributed by atoms with Gasteiger partial charge in [-0.05, 0) is 56.1 Å². The number of fused-ring (bicyclic) bond motifs is 2. The van der Waals surface area contributed by atoms with E-state index in [9.17, 15) is 14.0 Å². The molecule has 3 aromatic rings. The van der Waals surface area contributed by atoms with E-state index in [0.717, 1.165) is 43.5 Å². The minimum atomic E-state index is -0.399. The van der Waals surface area contributed by atoms with Crippen LogP contribution < -0.4 is 5.32 Å². The highest BCUT2D eigenvalue weighted by atomic mass is 19.1. The van der Waals surface area contributed by atoms with Gasteiger partial charge >= 0.3 is 0 Å². The first-order chi connectivity index (χ1) is 14.6. The van der Waals surface area contributed by atoms with Crippen LogP contribution in [0.5, 0.6) is 0 Å². The van der Waals surface area contributed by atoms with Crippen molar-refractivity contribution in [2.24, 2.45) is 0 Å². The summed E-state index contributed by atoms with van der Waals surface area (Å²) in [5.41, 5.74) is 3.29. The van der Waals surface area contributed by atoms with E-state index < -0.39 is 5.82 Å². The maximum atomic E-state index is 13.6. The fourth-order valence-corrected chi connectivity index (χ4v) is 4.82. The number of hydrogen-bond acceptors (Lipinski definition) is 5. The molecule has 0 saturated carbocycles. The van der Waals surface area contributed by atoms with Crippen LogP contribution in [-0.4, -0.2) is 35.0 Å². The molecule has 3 heterocycles. The first-order valence-electron chi connectivity index (χ1n) is 10.4. The number of nitrogens with one attached hydrogen (secondary N) is 1. The zero-order valence-corrected chi connectivity index (χ0v) is 16.7. The summed E-state index contributed by atoms with van der Waals surface area (Å²) in [6.07, 6.45) is 4.21. The van der Waals surface area contributed by atoms with Crippen LogP contribution in [0.2, 0.25) is 0 Å². The number of amides is 2. The molecule has 6 nitrogen and oxygen atoms in total. The number of imide groups is 1. The van der Waals surface area contributed by atoms with Crippen molar-refractivity contribution in [1.29, 1.82) is 0 Å². The number of carbonyl (C=O) groups is 2. The standard InChI is InChI=1S/C23H22FN3O3/c1-2-17(27-10-4-3-5-11-27)19-15(8-9-16-20(19)23(29)25-22(16)28)21-14-7-6-13(24)12-18(14)30-26-21/h6-9,12,17H,2-5,10-11H2,1H3,(H,25,28,29). The largest absolute Gasteiger partial charge is 0.356 e. The molecule has 154 valence electrons. The van der Waals surface area contributed by atoms with Crippen molar-refractivity contribution in [1.82, 2.24) is 15.4 Å². The summed E-state index contributed by atoms with van der Waals surface area (Å²) in [6.45, 7) is 3.98. The number of nitrogens with zero attached hydrogens (tertiary/aromatic N) is 2. The maximum absolute atomic E-state index is 13.6. The quantitative estimate of drug-likeness (QED) is 0.647. The van der Waals surface area contributed by atoms with Crippen LogP contribution in [0, 0.1) is 5.82 Å². The summed E-state index contributed by atoms with van der Waals surface area (Å²) < 4.78 is 19.0. The minimum absolute atomic E-state index is 0.0286. The first-order valence-corrected chi connectivity index (χ1v) is 10.4. The van der Waals surface area contributed by atoms with Crippen molar-refractivity contribution in [3.8, 4) is 11.3 Å². The molecule has 0 bridgehead atoms. The monoisotopic (exact) mass is 407 g/mol. The van der Waals surface area contributed by atoms with Gasteiger partial charge in [-0.25, -0.2) is 4.39 Å². The highest BCUT2D eigenvalue weighted by Crippen LogP contribution is 2.41. The lowest BCUT2D eigenvalue weighted by molar-refractivity contribution is 0.0878. The van der Waals surface area contributed by atoms with Gasteiger partial charge in [0.25, 0.3) is 11.8 Å². The number of hydrogen-bond donors (Lipinski definition) is 1. The van der Waals surface area contributed by atoms with Crippen LogP contribution in [0.15, 0.2) is 34.9 Å². The third kappa shape index (κ3) is 2.92. The second-order valence-corrected chi connectivity index (χ2v) is 7.92. The summed E-state index contributed by atoms with van der Waals surface area (Å²) >= 11 is 0. The third-order valence-corrected chi connectivity index (χ3v) is 6.18. The van der Waals surface area contributed by atoms with E-state index in [1.54, 1.807) is 12.1 Å². The van der Waals surface area contributed by atoms with Crippen LogP contribution in [0.1, 0.15) is 64.9 Å². The van der Waals surface area contributed by atoms with Crippen LogP contribution in [0.25, 0.3) is 22.2 Å². The first kappa shape index (κ1) is 18.9. The van der Waals surface area contributed by atoms with Crippen molar-refractivity contribution in [3.05, 3.63) is 52.8 Å². The number of likely N-dealkylation sites (tertiary alicyclic amines) is 1. The number of aromatic nitrogens is 1. The molecule has 30 heavy (non-hydrogen) atoms. The second-order valence-electron chi connectivity index (χ2n) is 7.92. The molecule has 1 aromatic heterocycles. The van der Waals surface area contributed by atoms with E-state index in [1.807, 2.05) is 6.07 Å². The molecular weight excluding hydrogens is 385 g/mol. The van der Waals surface area contributed by atoms with Crippen LogP contribution in [0.4, 0.5) is 4.39 Å². The Labute approximate surface area is 173 Å². The Bertz CT molecular complexity index is 1160. The van der Waals surface area contributed by atoms with Crippen LogP contribution in [0.3, 0.4) is 0 Å². The lowest BCUT2D eigenvalue weighted by atomic mass is 9.87. The Kier molecular flexibility index (Phi) is 4.62. The van der Waals surface area contributed by atoms with Gasteiger partial charge in [-0.3, -0.25) is 19.8 Å². The number of rotatable bonds is 4. The molecule has 2 aliphatic rings. The summed E-state index contributed by atoms with van der Waals surface area (Å²) in [7, 11) is 0. The van der Waals surface area contributed by atoms with Gasteiger partial charge < -0.3 is 4.52 Å². The normalized spacial score (nSPS) is 17.9. The maximum Gasteiger partial charge on any atom is 0.259 e. The smallest absolute Gasteiger partial charge is 0.259 e. The fraction of sp³-hybridized carbons (Fsp3) is 0.348. The molecule has 2 aliphatic heterocycles. The highest BCUT2D eigenvalue weighted by molar-refractivity contribution is 6.23. The summed E-state index contributed by atoms with van der Waals surface area (Å²) in [4.78, 5) is 27.5. The molecule has 0 aliphatic carbocycles. The number of piperidine rings is 1. The molecule has 2 amide bonds. The zero-order valence-electron chi connectivity index (χ0n) is 16.7. The van der Waals surface area contributed by atoms with Gasteiger partial charge in [-0.15, -0.1) is 0 Å². The molecule has 1 fully saturated rings. The van der Waals surface area contributed by atoms with E-state index in [4.69, 9.17) is 4.52 Å². The van der Waals surface area contributed by atoms with Gasteiger partial charge in [0.15, 0.2) is 5.58 Å². The van der Waals surface area contributed by atoms with Crippen molar-refractivity contribution in [2.75, 3.05) is 13.1 Å². The molecule has 0 spiro atoms. The molecule has 1 N–H and O–H groups in total. The van der Waals surface area contributed by atoms with Crippen molar-refractivity contribution in [2.45, 2.75) is 38.6 Å². The number of carbonyl (C=O) groups excluding carboxylic acids is 2. The third-order valence-electron chi connectivity index (χ3n) is 6.18. The van der Waals surface area contributed by atoms with Crippen LogP contribution >= 0.6 is 0 Å². The Morgan fingerprint density at radius 1 is 1.10 bits per heavy atom. The lowest BCUT2D eigenvalue weighted by Gasteiger charge is -2.36. The molecular formula is C23H22FN3O3. The predicted molar refractivity (Wildman–Crippen MR) is 110 cm³/mol. The average Bonchev–Trinajstić information content (AvgIpc) is 3.29. The van der Waals surface area contributed by atoms with E-state index in [-0.39, 0.29) is 17.9 Å². The summed E-state index contributed by atoms with van der Waals surface area (Å²) in [5, 5.41) is 7.33. The number of benzene rings is 2. The van der Waals surface area contributed by atoms with Crippen molar-refractivity contribution in [3.63, 3.8) is 0 Å². The topological polar surface area (TPSA) is 75.4 Å². The van der Waals surface area contributed by atoms with E-state index in [1.165, 1.54) is 18.6 Å². The van der Waals surface area contributed by atoms with Gasteiger partial charge in [-0.1, -0.05) is 24.6 Å². The highest BCUT2D eigenvalue weighted by Gasteiger charge is 2.36. The molecule has 0 radical (unpaired) electrons. The molecule has 7 heteroatoms. The molecule has 5 rings (SSSR count). The fourth-order valence-electron chi connectivity index (χ4n) is 4.82. The summed E-state index contributed by atoms with van der Waals surface area (Å²) in [5.74, 6) is -1.14. The molecule has 1 atom stereocenters. The molecule has 2 aromatic carbocycles. The van der Waals surface area contributed by atoms with Crippen LogP contribution in [-0.2, 0) is 0 Å². The predicted octanol–water partition coefficient (Wildman–Crippen LogP) is 4.45. The molecule has 1 unspecified atom stereocenters. The van der Waals surface area contributed by atoms with Gasteiger partial charge in [0.05, 0.1) is 11.1 Å². The Balaban J connectivity index is 1.76. The minimum Gasteiger partial charge on any atom is -0.356 e. The lowest BCUT2D eigenvalue weighted by Crippen LogP contribution is -2.34. The molecule has 1 saturated heterocycles. The Morgan fingerprint density at radius 2 is 1.87 bits per heavy atom. The number of halogens is 1. The van der Waals surface area contributed by atoms with Gasteiger partial charge in [-0.2, -0.15) is 0 Å². The zero-order chi connectivity index (χ0) is 20.8. The van der Waals surface area contributed by atoms with E-state index >= 15 is 0 Å². The van der Waals surface area contributed by atoms with Crippen molar-refractivity contribution >= 4 is 22.8 Å². The average molecular weight is 407 g/mol. The van der Waals surface area contributed by atoms with Crippen molar-refractivity contribution < 1.29 is 18.5 Å².